The molecule has 8 heteroatoms. The highest BCUT2D eigenvalue weighted by Gasteiger charge is 2.27. The Hall–Kier alpha value is -2.38. The standard InChI is InChI=1S/C19H22ClN3O4/c1-12-17(13(2)23(21-12)15-5-3-14(20)4-6-15)10-18(24)22-7-8-27-16(11-22)9-19(25)26/h3-6,16H,7-11H2,1-2H3,(H,25,26)/t16-/m0/s1. The molecule has 2 aromatic rings. The molecule has 1 aliphatic heterocycles. The third-order valence-corrected chi connectivity index (χ3v) is 4.99. The Morgan fingerprint density at radius 3 is 2.67 bits per heavy atom. The Kier molecular flexibility index (Phi) is 5.82. The van der Waals surface area contributed by atoms with Crippen molar-refractivity contribution in [3.05, 3.63) is 46.2 Å². The van der Waals surface area contributed by atoms with Gasteiger partial charge in [-0.05, 0) is 38.1 Å². The number of aliphatic carboxylic acids is 1. The quantitative estimate of drug-likeness (QED) is 0.845. The number of amides is 1. The van der Waals surface area contributed by atoms with Gasteiger partial charge in [-0.3, -0.25) is 9.59 Å². The summed E-state index contributed by atoms with van der Waals surface area (Å²) in [6.45, 7) is 4.94. The Labute approximate surface area is 162 Å². The van der Waals surface area contributed by atoms with Crippen LogP contribution in [0.2, 0.25) is 5.02 Å². The molecule has 144 valence electrons. The first kappa shape index (κ1) is 19.4. The number of rotatable bonds is 5. The fourth-order valence-electron chi connectivity index (χ4n) is 3.29. The first-order chi connectivity index (χ1) is 12.8. The number of carbonyl (C=O) groups is 2. The van der Waals surface area contributed by atoms with E-state index in [1.54, 1.807) is 21.7 Å². The van der Waals surface area contributed by atoms with Crippen molar-refractivity contribution < 1.29 is 19.4 Å². The number of halogens is 1. The fourth-order valence-corrected chi connectivity index (χ4v) is 3.42. The zero-order valence-corrected chi connectivity index (χ0v) is 16.1. The van der Waals surface area contributed by atoms with E-state index in [9.17, 15) is 9.59 Å². The number of carbonyl (C=O) groups excluding carboxylic acids is 1. The van der Waals surface area contributed by atoms with E-state index < -0.39 is 12.1 Å². The van der Waals surface area contributed by atoms with E-state index in [0.717, 1.165) is 22.6 Å². The van der Waals surface area contributed by atoms with Crippen LogP contribution in [-0.4, -0.2) is 57.5 Å². The van der Waals surface area contributed by atoms with Crippen LogP contribution in [0.3, 0.4) is 0 Å². The average Bonchev–Trinajstić information content (AvgIpc) is 2.90. The molecule has 3 rings (SSSR count). The molecule has 0 bridgehead atoms. The van der Waals surface area contributed by atoms with Gasteiger partial charge in [-0.25, -0.2) is 4.68 Å². The lowest BCUT2D eigenvalue weighted by Crippen LogP contribution is -2.46. The lowest BCUT2D eigenvalue weighted by atomic mass is 10.1. The molecule has 1 N–H and O–H groups in total. The Morgan fingerprint density at radius 1 is 1.30 bits per heavy atom. The Balaban J connectivity index is 1.74. The highest BCUT2D eigenvalue weighted by molar-refractivity contribution is 6.30. The van der Waals surface area contributed by atoms with E-state index in [1.165, 1.54) is 0 Å². The molecule has 1 fully saturated rings. The maximum atomic E-state index is 12.8. The van der Waals surface area contributed by atoms with Gasteiger partial charge in [-0.2, -0.15) is 5.10 Å². The molecule has 0 aliphatic carbocycles. The van der Waals surface area contributed by atoms with Crippen LogP contribution in [0.5, 0.6) is 0 Å². The number of aryl methyl sites for hydroxylation is 1. The van der Waals surface area contributed by atoms with Gasteiger partial charge in [0.25, 0.3) is 0 Å². The van der Waals surface area contributed by atoms with E-state index in [4.69, 9.17) is 21.4 Å². The van der Waals surface area contributed by atoms with Crippen molar-refractivity contribution in [1.29, 1.82) is 0 Å². The van der Waals surface area contributed by atoms with Crippen LogP contribution in [0.25, 0.3) is 5.69 Å². The molecule has 1 aliphatic rings. The van der Waals surface area contributed by atoms with E-state index in [2.05, 4.69) is 5.10 Å². The van der Waals surface area contributed by atoms with Crippen LogP contribution in [0.15, 0.2) is 24.3 Å². The van der Waals surface area contributed by atoms with E-state index in [1.807, 2.05) is 26.0 Å². The van der Waals surface area contributed by atoms with Gasteiger partial charge in [0.15, 0.2) is 0 Å². The minimum atomic E-state index is -0.926. The third kappa shape index (κ3) is 4.48. The van der Waals surface area contributed by atoms with Crippen LogP contribution in [0, 0.1) is 13.8 Å². The molecule has 27 heavy (non-hydrogen) atoms. The minimum absolute atomic E-state index is 0.0458. The van der Waals surface area contributed by atoms with Crippen LogP contribution in [0.4, 0.5) is 0 Å². The first-order valence-electron chi connectivity index (χ1n) is 8.77. The van der Waals surface area contributed by atoms with Gasteiger partial charge in [0, 0.05) is 29.4 Å². The molecule has 1 aromatic heterocycles. The van der Waals surface area contributed by atoms with Gasteiger partial charge >= 0.3 is 5.97 Å². The predicted octanol–water partition coefficient (Wildman–Crippen LogP) is 2.39. The fraction of sp³-hybridized carbons (Fsp3) is 0.421. The molecule has 0 unspecified atom stereocenters. The van der Waals surface area contributed by atoms with Crippen molar-refractivity contribution in [3.8, 4) is 5.69 Å². The molecule has 1 saturated heterocycles. The zero-order valence-electron chi connectivity index (χ0n) is 15.3. The molecule has 7 nitrogen and oxygen atoms in total. The second-order valence-electron chi connectivity index (χ2n) is 6.64. The van der Waals surface area contributed by atoms with E-state index in [-0.39, 0.29) is 18.7 Å². The summed E-state index contributed by atoms with van der Waals surface area (Å²) in [6, 6.07) is 7.36. The van der Waals surface area contributed by atoms with Crippen molar-refractivity contribution in [2.45, 2.75) is 32.8 Å². The summed E-state index contributed by atoms with van der Waals surface area (Å²) < 4.78 is 7.24. The number of morpholine rings is 1. The summed E-state index contributed by atoms with van der Waals surface area (Å²) in [5, 5.41) is 14.1. The largest absolute Gasteiger partial charge is 0.481 e. The van der Waals surface area contributed by atoms with Crippen molar-refractivity contribution >= 4 is 23.5 Å². The number of hydrogen-bond donors (Lipinski definition) is 1. The summed E-state index contributed by atoms with van der Waals surface area (Å²) in [7, 11) is 0. The van der Waals surface area contributed by atoms with Crippen molar-refractivity contribution in [3.63, 3.8) is 0 Å². The van der Waals surface area contributed by atoms with Crippen LogP contribution < -0.4 is 0 Å². The molecule has 1 atom stereocenters. The van der Waals surface area contributed by atoms with E-state index in [0.29, 0.717) is 24.7 Å². The molecule has 1 aromatic carbocycles. The maximum Gasteiger partial charge on any atom is 0.306 e. The molecule has 0 spiro atoms. The van der Waals surface area contributed by atoms with Crippen molar-refractivity contribution in [2.24, 2.45) is 0 Å². The van der Waals surface area contributed by atoms with Gasteiger partial charge in [0.2, 0.25) is 5.91 Å². The molecular weight excluding hydrogens is 370 g/mol. The number of nitrogens with zero attached hydrogens (tertiary/aromatic N) is 3. The van der Waals surface area contributed by atoms with Gasteiger partial charge in [-0.1, -0.05) is 11.6 Å². The summed E-state index contributed by atoms with van der Waals surface area (Å²) >= 11 is 5.95. The molecule has 0 saturated carbocycles. The molecular formula is C19H22ClN3O4. The number of hydrogen-bond acceptors (Lipinski definition) is 4. The smallest absolute Gasteiger partial charge is 0.306 e. The highest BCUT2D eigenvalue weighted by Crippen LogP contribution is 2.21. The maximum absolute atomic E-state index is 12.8. The Bertz CT molecular complexity index is 847. The normalized spacial score (nSPS) is 17.1. The van der Waals surface area contributed by atoms with E-state index >= 15 is 0 Å². The van der Waals surface area contributed by atoms with Gasteiger partial charge < -0.3 is 14.7 Å². The van der Waals surface area contributed by atoms with Gasteiger partial charge in [-0.15, -0.1) is 0 Å². The monoisotopic (exact) mass is 391 g/mol. The van der Waals surface area contributed by atoms with Crippen LogP contribution >= 0.6 is 11.6 Å². The number of carboxylic acid groups (broad SMARTS) is 1. The minimum Gasteiger partial charge on any atom is -0.481 e. The predicted molar refractivity (Wildman–Crippen MR) is 100 cm³/mol. The molecule has 2 heterocycles. The number of ether oxygens (including phenoxy) is 1. The zero-order chi connectivity index (χ0) is 19.6. The van der Waals surface area contributed by atoms with Crippen molar-refractivity contribution in [2.75, 3.05) is 19.7 Å². The number of aromatic nitrogens is 2. The number of carboxylic acids is 1. The summed E-state index contributed by atoms with van der Waals surface area (Å²) in [5.74, 6) is -0.972. The molecule has 0 radical (unpaired) electrons. The Morgan fingerprint density at radius 2 is 2.00 bits per heavy atom. The van der Waals surface area contributed by atoms with Crippen LogP contribution in [0.1, 0.15) is 23.4 Å². The second-order valence-corrected chi connectivity index (χ2v) is 7.08. The third-order valence-electron chi connectivity index (χ3n) is 4.73. The van der Waals surface area contributed by atoms with Crippen LogP contribution in [-0.2, 0) is 20.7 Å². The summed E-state index contributed by atoms with van der Waals surface area (Å²) in [6.07, 6.45) is -0.333. The molecule has 1 amide bonds. The SMILES string of the molecule is Cc1nn(-c2ccc(Cl)cc2)c(C)c1CC(=O)N1CCO[C@@H](CC(=O)O)C1. The highest BCUT2D eigenvalue weighted by atomic mass is 35.5. The first-order valence-corrected chi connectivity index (χ1v) is 9.15. The second kappa shape index (κ2) is 8.10. The number of benzene rings is 1. The topological polar surface area (TPSA) is 84.7 Å². The average molecular weight is 392 g/mol. The van der Waals surface area contributed by atoms with Crippen molar-refractivity contribution in [1.82, 2.24) is 14.7 Å². The summed E-state index contributed by atoms with van der Waals surface area (Å²) in [4.78, 5) is 25.3. The van der Waals surface area contributed by atoms with Gasteiger partial charge in [0.05, 0.1) is 36.9 Å². The van der Waals surface area contributed by atoms with Gasteiger partial charge in [0.1, 0.15) is 0 Å². The summed E-state index contributed by atoms with van der Waals surface area (Å²) in [5.41, 5.74) is 3.47. The lowest BCUT2D eigenvalue weighted by Gasteiger charge is -2.32. The lowest BCUT2D eigenvalue weighted by molar-refractivity contribution is -0.147.